The molecule has 0 aliphatic rings. The fourth-order valence-electron chi connectivity index (χ4n) is 1.18. The van der Waals surface area contributed by atoms with Crippen molar-refractivity contribution in [2.45, 2.75) is 6.18 Å². The highest BCUT2D eigenvalue weighted by atomic mass is 19.4. The van der Waals surface area contributed by atoms with E-state index in [4.69, 9.17) is 10.5 Å². The molecule has 0 spiro atoms. The summed E-state index contributed by atoms with van der Waals surface area (Å²) in [7, 11) is 1.51. The van der Waals surface area contributed by atoms with Gasteiger partial charge in [-0.15, -0.1) is 0 Å². The molecule has 0 atom stereocenters. The van der Waals surface area contributed by atoms with Crippen LogP contribution in [0, 0.1) is 0 Å². The number of carbonyl (C=O) groups excluding carboxylic acids is 1. The van der Waals surface area contributed by atoms with Crippen LogP contribution in [0.1, 0.15) is 5.56 Å². The van der Waals surface area contributed by atoms with Gasteiger partial charge in [0.1, 0.15) is 11.4 Å². The van der Waals surface area contributed by atoms with Gasteiger partial charge in [0, 0.05) is 6.08 Å². The SMILES string of the molecule is COc1ccc(/C=C\C(=O)/C=C(/N)C(F)(F)F)cc1. The Morgan fingerprint density at radius 3 is 2.32 bits per heavy atom. The van der Waals surface area contributed by atoms with Crippen molar-refractivity contribution in [2.24, 2.45) is 5.73 Å². The molecule has 6 heteroatoms. The van der Waals surface area contributed by atoms with Crippen LogP contribution in [0.15, 0.2) is 42.1 Å². The number of hydrogen-bond donors (Lipinski definition) is 1. The minimum atomic E-state index is -4.69. The molecule has 0 aliphatic heterocycles. The van der Waals surface area contributed by atoms with E-state index in [0.29, 0.717) is 17.4 Å². The molecule has 0 saturated heterocycles. The topological polar surface area (TPSA) is 52.3 Å². The molecule has 0 heterocycles. The Labute approximate surface area is 108 Å². The number of rotatable bonds is 4. The van der Waals surface area contributed by atoms with Crippen LogP contribution in [0.25, 0.3) is 6.08 Å². The maximum atomic E-state index is 12.1. The van der Waals surface area contributed by atoms with Crippen molar-refractivity contribution in [3.8, 4) is 5.75 Å². The number of allylic oxidation sites excluding steroid dienone is 3. The molecule has 0 saturated carbocycles. The summed E-state index contributed by atoms with van der Waals surface area (Å²) in [6, 6.07) is 6.67. The van der Waals surface area contributed by atoms with E-state index >= 15 is 0 Å². The molecule has 3 nitrogen and oxygen atoms in total. The molecule has 0 radical (unpaired) electrons. The Morgan fingerprint density at radius 1 is 1.26 bits per heavy atom. The van der Waals surface area contributed by atoms with E-state index in [1.165, 1.54) is 13.2 Å². The number of carbonyl (C=O) groups is 1. The third-order valence-electron chi connectivity index (χ3n) is 2.18. The van der Waals surface area contributed by atoms with Gasteiger partial charge in [0.15, 0.2) is 5.78 Å². The minimum Gasteiger partial charge on any atom is -0.497 e. The second kappa shape index (κ2) is 6.08. The normalized spacial score (nSPS) is 12.7. The van der Waals surface area contributed by atoms with Crippen LogP contribution >= 0.6 is 0 Å². The molecule has 102 valence electrons. The number of ketones is 1. The summed E-state index contributed by atoms with van der Waals surface area (Å²) in [5.41, 5.74) is 3.96. The standard InChI is InChI=1S/C13H12F3NO2/c1-19-11-6-3-9(4-7-11)2-5-10(18)8-12(17)13(14,15)16/h2-8H,17H2,1H3/b5-2-,12-8+. The lowest BCUT2D eigenvalue weighted by Crippen LogP contribution is -2.20. The van der Waals surface area contributed by atoms with Crippen molar-refractivity contribution in [3.63, 3.8) is 0 Å². The van der Waals surface area contributed by atoms with Gasteiger partial charge in [-0.25, -0.2) is 0 Å². The van der Waals surface area contributed by atoms with Crippen LogP contribution in [-0.4, -0.2) is 19.1 Å². The number of benzene rings is 1. The Hall–Kier alpha value is -2.24. The zero-order valence-corrected chi connectivity index (χ0v) is 10.1. The van der Waals surface area contributed by atoms with E-state index in [2.05, 4.69) is 0 Å². The zero-order valence-electron chi connectivity index (χ0n) is 10.1. The molecule has 0 bridgehead atoms. The highest BCUT2D eigenvalue weighted by Crippen LogP contribution is 2.21. The lowest BCUT2D eigenvalue weighted by molar-refractivity contribution is -0.112. The van der Waals surface area contributed by atoms with Gasteiger partial charge in [0.2, 0.25) is 0 Å². The predicted octanol–water partition coefficient (Wildman–Crippen LogP) is 2.68. The van der Waals surface area contributed by atoms with Gasteiger partial charge in [0.25, 0.3) is 0 Å². The molecule has 1 aromatic carbocycles. The molecule has 0 aromatic heterocycles. The third-order valence-corrected chi connectivity index (χ3v) is 2.18. The lowest BCUT2D eigenvalue weighted by Gasteiger charge is -2.04. The molecule has 0 fully saturated rings. The average molecular weight is 271 g/mol. The van der Waals surface area contributed by atoms with Crippen molar-refractivity contribution >= 4 is 11.9 Å². The summed E-state index contributed by atoms with van der Waals surface area (Å²) in [6.07, 6.45) is -1.94. The number of hydrogen-bond acceptors (Lipinski definition) is 3. The van der Waals surface area contributed by atoms with Gasteiger partial charge < -0.3 is 10.5 Å². The van der Waals surface area contributed by atoms with E-state index < -0.39 is 17.7 Å². The number of alkyl halides is 3. The van der Waals surface area contributed by atoms with Gasteiger partial charge in [-0.2, -0.15) is 13.2 Å². The highest BCUT2D eigenvalue weighted by molar-refractivity contribution is 6.02. The fourth-order valence-corrected chi connectivity index (χ4v) is 1.18. The number of methoxy groups -OCH3 is 1. The van der Waals surface area contributed by atoms with Crippen LogP contribution in [-0.2, 0) is 4.79 Å². The summed E-state index contributed by atoms with van der Waals surface area (Å²) < 4.78 is 41.2. The first kappa shape index (κ1) is 14.8. The van der Waals surface area contributed by atoms with Crippen molar-refractivity contribution in [1.82, 2.24) is 0 Å². The van der Waals surface area contributed by atoms with Crippen LogP contribution < -0.4 is 10.5 Å². The van der Waals surface area contributed by atoms with Crippen molar-refractivity contribution in [3.05, 3.63) is 47.7 Å². The first-order valence-corrected chi connectivity index (χ1v) is 5.23. The maximum Gasteiger partial charge on any atom is 0.430 e. The van der Waals surface area contributed by atoms with E-state index in [1.807, 2.05) is 0 Å². The van der Waals surface area contributed by atoms with Crippen molar-refractivity contribution in [2.75, 3.05) is 7.11 Å². The Morgan fingerprint density at radius 2 is 1.84 bits per heavy atom. The second-order valence-electron chi connectivity index (χ2n) is 3.61. The van der Waals surface area contributed by atoms with E-state index in [1.54, 1.807) is 24.3 Å². The quantitative estimate of drug-likeness (QED) is 0.856. The molecule has 1 aromatic rings. The average Bonchev–Trinajstić information content (AvgIpc) is 2.35. The number of halogens is 3. The third kappa shape index (κ3) is 4.87. The zero-order chi connectivity index (χ0) is 14.5. The lowest BCUT2D eigenvalue weighted by atomic mass is 10.2. The molecule has 0 amide bonds. The molecule has 1 rings (SSSR count). The maximum absolute atomic E-state index is 12.1. The van der Waals surface area contributed by atoms with Gasteiger partial charge in [-0.3, -0.25) is 4.79 Å². The van der Waals surface area contributed by atoms with Gasteiger partial charge in [-0.1, -0.05) is 18.2 Å². The molecular weight excluding hydrogens is 259 g/mol. The number of ether oxygens (including phenoxy) is 1. The van der Waals surface area contributed by atoms with Crippen LogP contribution in [0.5, 0.6) is 5.75 Å². The summed E-state index contributed by atoms with van der Waals surface area (Å²) in [4.78, 5) is 11.2. The summed E-state index contributed by atoms with van der Waals surface area (Å²) in [5, 5.41) is 0. The van der Waals surface area contributed by atoms with Crippen LogP contribution in [0.3, 0.4) is 0 Å². The summed E-state index contributed by atoms with van der Waals surface area (Å²) >= 11 is 0. The monoisotopic (exact) mass is 271 g/mol. The van der Waals surface area contributed by atoms with Crippen LogP contribution in [0.2, 0.25) is 0 Å². The molecular formula is C13H12F3NO2. The summed E-state index contributed by atoms with van der Waals surface area (Å²) in [6.45, 7) is 0. The largest absolute Gasteiger partial charge is 0.497 e. The summed E-state index contributed by atoms with van der Waals surface area (Å²) in [5.74, 6) is -0.185. The molecule has 0 aliphatic carbocycles. The smallest absolute Gasteiger partial charge is 0.430 e. The minimum absolute atomic E-state index is 0.347. The van der Waals surface area contributed by atoms with Gasteiger partial charge in [0.05, 0.1) is 7.11 Å². The van der Waals surface area contributed by atoms with Crippen LogP contribution in [0.4, 0.5) is 13.2 Å². The number of nitrogens with two attached hydrogens (primary N) is 1. The van der Waals surface area contributed by atoms with Gasteiger partial charge >= 0.3 is 6.18 Å². The molecule has 19 heavy (non-hydrogen) atoms. The van der Waals surface area contributed by atoms with Crippen molar-refractivity contribution in [1.29, 1.82) is 0 Å². The van der Waals surface area contributed by atoms with Crippen molar-refractivity contribution < 1.29 is 22.7 Å². The molecule has 2 N–H and O–H groups in total. The Bertz CT molecular complexity index is 502. The predicted molar refractivity (Wildman–Crippen MR) is 65.4 cm³/mol. The second-order valence-corrected chi connectivity index (χ2v) is 3.61. The first-order chi connectivity index (χ1) is 8.82. The van der Waals surface area contributed by atoms with Gasteiger partial charge in [-0.05, 0) is 23.8 Å². The Kier molecular flexibility index (Phi) is 4.74. The highest BCUT2D eigenvalue weighted by Gasteiger charge is 2.31. The fraction of sp³-hybridized carbons (Fsp3) is 0.154. The molecule has 0 unspecified atom stereocenters. The van der Waals surface area contributed by atoms with E-state index in [-0.39, 0.29) is 0 Å². The first-order valence-electron chi connectivity index (χ1n) is 5.23. The van der Waals surface area contributed by atoms with E-state index in [9.17, 15) is 18.0 Å². The van der Waals surface area contributed by atoms with E-state index in [0.717, 1.165) is 6.08 Å². The Balaban J connectivity index is 2.73.